The first-order valence-corrected chi connectivity index (χ1v) is 12.7. The number of carbonyl (C=O) groups excluding carboxylic acids is 1. The number of carbonyl (C=O) groups is 1. The summed E-state index contributed by atoms with van der Waals surface area (Å²) in [5.41, 5.74) is 6.49. The third-order valence-corrected chi connectivity index (χ3v) is 7.13. The van der Waals surface area contributed by atoms with Crippen molar-refractivity contribution in [3.63, 3.8) is 0 Å². The number of anilines is 2. The second-order valence-electron chi connectivity index (χ2n) is 9.48. The summed E-state index contributed by atoms with van der Waals surface area (Å²) in [5.74, 6) is -1.72. The number of methoxy groups -OCH3 is 1. The molecule has 2 aromatic heterocycles. The number of hydrogen-bond donors (Lipinski definition) is 2. The second-order valence-corrected chi connectivity index (χ2v) is 9.48. The molecule has 1 fully saturated rings. The smallest absolute Gasteiger partial charge is 0.416 e. The van der Waals surface area contributed by atoms with Crippen LogP contribution in [0.25, 0.3) is 22.3 Å². The van der Waals surface area contributed by atoms with E-state index in [1.807, 2.05) is 4.68 Å². The summed E-state index contributed by atoms with van der Waals surface area (Å²) in [6.07, 6.45) is -1.51. The van der Waals surface area contributed by atoms with Gasteiger partial charge in [0, 0.05) is 18.7 Å². The summed E-state index contributed by atoms with van der Waals surface area (Å²) in [6.45, 7) is 5.01. The van der Waals surface area contributed by atoms with Crippen molar-refractivity contribution in [1.29, 1.82) is 0 Å². The van der Waals surface area contributed by atoms with Crippen LogP contribution < -0.4 is 15.8 Å². The zero-order chi connectivity index (χ0) is 28.6. The van der Waals surface area contributed by atoms with Gasteiger partial charge in [-0.15, -0.1) is 0 Å². The molecule has 3 N–H and O–H groups in total. The lowest BCUT2D eigenvalue weighted by atomic mass is 10.1. The number of benzene rings is 2. The number of aromatic nitrogens is 4. The number of alkyl halides is 3. The van der Waals surface area contributed by atoms with Gasteiger partial charge in [0.1, 0.15) is 29.4 Å². The summed E-state index contributed by atoms with van der Waals surface area (Å²) >= 11 is 0. The van der Waals surface area contributed by atoms with E-state index in [0.29, 0.717) is 28.4 Å². The molecule has 0 bridgehead atoms. The number of amides is 1. The van der Waals surface area contributed by atoms with Gasteiger partial charge in [-0.1, -0.05) is 13.0 Å². The van der Waals surface area contributed by atoms with Crippen LogP contribution in [0.15, 0.2) is 42.7 Å². The van der Waals surface area contributed by atoms with Crippen molar-refractivity contribution in [3.8, 4) is 17.0 Å². The van der Waals surface area contributed by atoms with Crippen molar-refractivity contribution in [1.82, 2.24) is 24.6 Å². The maximum absolute atomic E-state index is 14.4. The molecule has 13 heteroatoms. The van der Waals surface area contributed by atoms with E-state index in [0.717, 1.165) is 38.5 Å². The lowest BCUT2D eigenvalue weighted by Gasteiger charge is -2.31. The van der Waals surface area contributed by atoms with E-state index >= 15 is 0 Å². The van der Waals surface area contributed by atoms with Crippen molar-refractivity contribution >= 4 is 28.4 Å². The van der Waals surface area contributed by atoms with E-state index in [9.17, 15) is 22.4 Å². The van der Waals surface area contributed by atoms with Gasteiger partial charge in [0.05, 0.1) is 35.4 Å². The molecule has 0 radical (unpaired) electrons. The van der Waals surface area contributed by atoms with Gasteiger partial charge in [0.25, 0.3) is 5.91 Å². The van der Waals surface area contributed by atoms with Crippen molar-refractivity contribution in [3.05, 3.63) is 59.7 Å². The topological polar surface area (TPSA) is 111 Å². The molecule has 0 saturated carbocycles. The Hall–Kier alpha value is -4.26. The number of piperidine rings is 1. The molecule has 0 unspecified atom stereocenters. The standard InChI is InChI=1S/C27H27F4N7O2/c1-3-37-10-8-17(9-11-37)38-25-22(24(32)33-14-34-25)23(36-38)15-4-7-20(21(12-15)40-2)35-26(39)18-6-5-16(13-19(18)28)27(29,30)31/h4-7,12-14,17H,3,8-11H2,1-2H3,(H,35,39)(H2,32,33,34). The lowest BCUT2D eigenvalue weighted by molar-refractivity contribution is -0.137. The fourth-order valence-electron chi connectivity index (χ4n) is 4.94. The highest BCUT2D eigenvalue weighted by Gasteiger charge is 2.32. The molecular formula is C27H27F4N7O2. The van der Waals surface area contributed by atoms with Gasteiger partial charge in [0.15, 0.2) is 5.65 Å². The fourth-order valence-corrected chi connectivity index (χ4v) is 4.94. The molecular weight excluding hydrogens is 530 g/mol. The highest BCUT2D eigenvalue weighted by Crippen LogP contribution is 2.37. The van der Waals surface area contributed by atoms with Gasteiger partial charge in [-0.05, 0) is 49.7 Å². The molecule has 0 atom stereocenters. The molecule has 1 amide bonds. The first-order valence-electron chi connectivity index (χ1n) is 12.7. The van der Waals surface area contributed by atoms with E-state index in [-0.39, 0.29) is 29.4 Å². The number of fused-ring (bicyclic) bond motifs is 1. The first-order chi connectivity index (χ1) is 19.1. The number of nitrogens with zero attached hydrogens (tertiary/aromatic N) is 5. The quantitative estimate of drug-likeness (QED) is 0.316. The normalized spacial score (nSPS) is 14.9. The van der Waals surface area contributed by atoms with Crippen molar-refractivity contribution in [2.45, 2.75) is 32.0 Å². The number of nitrogens with two attached hydrogens (primary N) is 1. The molecule has 1 saturated heterocycles. The summed E-state index contributed by atoms with van der Waals surface area (Å²) < 4.78 is 60.3. The van der Waals surface area contributed by atoms with E-state index in [4.69, 9.17) is 15.6 Å². The zero-order valence-corrected chi connectivity index (χ0v) is 21.8. The summed E-state index contributed by atoms with van der Waals surface area (Å²) in [4.78, 5) is 23.7. The number of rotatable bonds is 6. The van der Waals surface area contributed by atoms with Crippen LogP contribution in [0, 0.1) is 5.82 Å². The van der Waals surface area contributed by atoms with Gasteiger partial charge in [-0.2, -0.15) is 18.3 Å². The highest BCUT2D eigenvalue weighted by atomic mass is 19.4. The predicted octanol–water partition coefficient (Wildman–Crippen LogP) is 5.15. The van der Waals surface area contributed by atoms with Crippen molar-refractivity contribution in [2.75, 3.05) is 37.8 Å². The molecule has 4 aromatic rings. The van der Waals surface area contributed by atoms with E-state index in [1.165, 1.54) is 13.4 Å². The van der Waals surface area contributed by atoms with Gasteiger partial charge in [-0.3, -0.25) is 4.79 Å². The Bertz CT molecular complexity index is 1560. The fraction of sp³-hybridized carbons (Fsp3) is 0.333. The number of hydrogen-bond acceptors (Lipinski definition) is 7. The first kappa shape index (κ1) is 27.3. The average molecular weight is 558 g/mol. The molecule has 0 aliphatic carbocycles. The third kappa shape index (κ3) is 5.16. The Morgan fingerprint density at radius 3 is 2.55 bits per heavy atom. The molecule has 210 valence electrons. The molecule has 1 aliphatic heterocycles. The largest absolute Gasteiger partial charge is 0.495 e. The maximum Gasteiger partial charge on any atom is 0.416 e. The second kappa shape index (κ2) is 10.7. The summed E-state index contributed by atoms with van der Waals surface area (Å²) in [7, 11) is 1.39. The average Bonchev–Trinajstić information content (AvgIpc) is 3.33. The summed E-state index contributed by atoms with van der Waals surface area (Å²) in [5, 5.41) is 7.97. The Kier molecular flexibility index (Phi) is 7.32. The van der Waals surface area contributed by atoms with Gasteiger partial charge >= 0.3 is 6.18 Å². The van der Waals surface area contributed by atoms with Crippen LogP contribution in [0.3, 0.4) is 0 Å². The van der Waals surface area contributed by atoms with E-state index in [1.54, 1.807) is 18.2 Å². The number of likely N-dealkylation sites (tertiary alicyclic amines) is 1. The number of ether oxygens (including phenoxy) is 1. The van der Waals surface area contributed by atoms with Crippen molar-refractivity contribution in [2.24, 2.45) is 0 Å². The Balaban J connectivity index is 1.47. The van der Waals surface area contributed by atoms with Crippen LogP contribution in [0.2, 0.25) is 0 Å². The molecule has 5 rings (SSSR count). The monoisotopic (exact) mass is 557 g/mol. The van der Waals surface area contributed by atoms with E-state index < -0.39 is 29.0 Å². The van der Waals surface area contributed by atoms with Crippen LogP contribution in [-0.2, 0) is 6.18 Å². The molecule has 40 heavy (non-hydrogen) atoms. The molecule has 3 heterocycles. The highest BCUT2D eigenvalue weighted by molar-refractivity contribution is 6.06. The van der Waals surface area contributed by atoms with Crippen LogP contribution in [-0.4, -0.2) is 57.3 Å². The van der Waals surface area contributed by atoms with Crippen LogP contribution in [0.5, 0.6) is 5.75 Å². The number of nitrogens with one attached hydrogen (secondary N) is 1. The Morgan fingerprint density at radius 2 is 1.90 bits per heavy atom. The molecule has 2 aromatic carbocycles. The van der Waals surface area contributed by atoms with Crippen LogP contribution in [0.4, 0.5) is 29.1 Å². The third-order valence-electron chi connectivity index (χ3n) is 7.13. The van der Waals surface area contributed by atoms with E-state index in [2.05, 4.69) is 27.1 Å². The lowest BCUT2D eigenvalue weighted by Crippen LogP contribution is -2.34. The zero-order valence-electron chi connectivity index (χ0n) is 21.8. The minimum Gasteiger partial charge on any atom is -0.495 e. The number of halogens is 4. The van der Waals surface area contributed by atoms with Gasteiger partial charge in [0.2, 0.25) is 0 Å². The molecule has 9 nitrogen and oxygen atoms in total. The Morgan fingerprint density at radius 1 is 1.15 bits per heavy atom. The van der Waals surface area contributed by atoms with Crippen LogP contribution >= 0.6 is 0 Å². The van der Waals surface area contributed by atoms with Gasteiger partial charge in [-0.25, -0.2) is 19.0 Å². The minimum absolute atomic E-state index is 0.132. The SMILES string of the molecule is CCN1CCC(n2nc(-c3ccc(NC(=O)c4ccc(C(F)(F)F)cc4F)c(OC)c3)c3c(N)ncnc32)CC1. The summed E-state index contributed by atoms with van der Waals surface area (Å²) in [6, 6.07) is 6.72. The number of nitrogen functional groups attached to an aromatic ring is 1. The van der Waals surface area contributed by atoms with Gasteiger partial charge < -0.3 is 20.7 Å². The molecule has 1 aliphatic rings. The van der Waals surface area contributed by atoms with Crippen LogP contribution in [0.1, 0.15) is 41.7 Å². The Labute approximate surface area is 227 Å². The maximum atomic E-state index is 14.4. The minimum atomic E-state index is -4.73. The van der Waals surface area contributed by atoms with Crippen molar-refractivity contribution < 1.29 is 27.1 Å². The predicted molar refractivity (Wildman–Crippen MR) is 141 cm³/mol. The molecule has 0 spiro atoms.